The van der Waals surface area contributed by atoms with E-state index in [1.807, 2.05) is 17.0 Å². The summed E-state index contributed by atoms with van der Waals surface area (Å²) in [5.74, 6) is 0.411. The van der Waals surface area contributed by atoms with Crippen LogP contribution in [-0.4, -0.2) is 41.9 Å². The molecule has 2 atom stereocenters. The smallest absolute Gasteiger partial charge is 0.226 e. The summed E-state index contributed by atoms with van der Waals surface area (Å²) in [6.07, 6.45) is 1.92. The van der Waals surface area contributed by atoms with Crippen LogP contribution in [0.5, 0.6) is 0 Å². The van der Waals surface area contributed by atoms with Gasteiger partial charge in [0.25, 0.3) is 0 Å². The maximum Gasteiger partial charge on any atom is 0.226 e. The van der Waals surface area contributed by atoms with E-state index < -0.39 is 0 Å². The number of nitrogens with zero attached hydrogens (tertiary/aromatic N) is 2. The molecule has 0 radical (unpaired) electrons. The molecule has 2 unspecified atom stereocenters. The molecule has 1 aliphatic carbocycles. The Morgan fingerprint density at radius 3 is 2.59 bits per heavy atom. The van der Waals surface area contributed by atoms with E-state index in [4.69, 9.17) is 0 Å². The Morgan fingerprint density at radius 1 is 1.04 bits per heavy atom. The Hall–Kier alpha value is -2.20. The molecule has 2 aliphatic rings. The Kier molecular flexibility index (Phi) is 5.26. The van der Waals surface area contributed by atoms with E-state index in [1.54, 1.807) is 0 Å². The first-order chi connectivity index (χ1) is 13.1. The van der Waals surface area contributed by atoms with E-state index in [1.165, 1.54) is 23.3 Å². The molecule has 2 aromatic carbocycles. The second-order valence-electron chi connectivity index (χ2n) is 7.88. The van der Waals surface area contributed by atoms with Gasteiger partial charge in [-0.1, -0.05) is 36.4 Å². The van der Waals surface area contributed by atoms with Crippen LogP contribution in [-0.2, 0) is 11.3 Å². The summed E-state index contributed by atoms with van der Waals surface area (Å²) in [5, 5.41) is 0. The van der Waals surface area contributed by atoms with Crippen molar-refractivity contribution in [3.63, 3.8) is 0 Å². The van der Waals surface area contributed by atoms with Gasteiger partial charge >= 0.3 is 0 Å². The van der Waals surface area contributed by atoms with Gasteiger partial charge in [0, 0.05) is 38.6 Å². The van der Waals surface area contributed by atoms with Gasteiger partial charge in [-0.3, -0.25) is 9.69 Å². The molecule has 4 heteroatoms. The summed E-state index contributed by atoms with van der Waals surface area (Å²) in [6, 6.07) is 15.1. The molecule has 0 aromatic heterocycles. The van der Waals surface area contributed by atoms with Crippen LogP contribution < -0.4 is 0 Å². The van der Waals surface area contributed by atoms with Crippen molar-refractivity contribution in [1.82, 2.24) is 9.80 Å². The molecule has 1 saturated carbocycles. The fourth-order valence-electron chi connectivity index (χ4n) is 4.16. The minimum Gasteiger partial charge on any atom is -0.341 e. The third-order valence-corrected chi connectivity index (χ3v) is 5.96. The molecule has 1 heterocycles. The third kappa shape index (κ3) is 4.22. The first-order valence-electron chi connectivity index (χ1n) is 9.93. The molecule has 0 spiro atoms. The van der Waals surface area contributed by atoms with Crippen molar-refractivity contribution in [2.75, 3.05) is 26.2 Å². The van der Waals surface area contributed by atoms with Gasteiger partial charge in [-0.25, -0.2) is 4.39 Å². The lowest BCUT2D eigenvalue weighted by Gasteiger charge is -2.23. The second-order valence-corrected chi connectivity index (χ2v) is 7.88. The molecular weight excluding hydrogens is 339 g/mol. The summed E-state index contributed by atoms with van der Waals surface area (Å²) in [4.78, 5) is 17.4. The Bertz CT molecular complexity index is 804. The number of halogens is 1. The Morgan fingerprint density at radius 2 is 1.81 bits per heavy atom. The van der Waals surface area contributed by atoms with Crippen molar-refractivity contribution in [3.05, 3.63) is 71.0 Å². The van der Waals surface area contributed by atoms with E-state index >= 15 is 0 Å². The van der Waals surface area contributed by atoms with Crippen LogP contribution in [0.3, 0.4) is 0 Å². The van der Waals surface area contributed by atoms with E-state index in [9.17, 15) is 9.18 Å². The highest BCUT2D eigenvalue weighted by Gasteiger charge is 2.45. The number of rotatable bonds is 4. The first kappa shape index (κ1) is 18.2. The molecule has 1 saturated heterocycles. The number of benzene rings is 2. The highest BCUT2D eigenvalue weighted by molar-refractivity contribution is 5.83. The fraction of sp³-hybridized carbons (Fsp3) is 0.435. The Balaban J connectivity index is 1.32. The molecule has 2 fully saturated rings. The van der Waals surface area contributed by atoms with Crippen molar-refractivity contribution in [2.24, 2.45) is 5.92 Å². The van der Waals surface area contributed by atoms with Crippen LogP contribution >= 0.6 is 0 Å². The minimum atomic E-state index is -0.219. The predicted octanol–water partition coefficient (Wildman–Crippen LogP) is 3.97. The van der Waals surface area contributed by atoms with Gasteiger partial charge in [-0.05, 0) is 54.5 Å². The van der Waals surface area contributed by atoms with Gasteiger partial charge in [-0.15, -0.1) is 0 Å². The van der Waals surface area contributed by atoms with Gasteiger partial charge in [0.2, 0.25) is 5.91 Å². The molecular formula is C23H27FN2O. The fourth-order valence-corrected chi connectivity index (χ4v) is 4.16. The highest BCUT2D eigenvalue weighted by atomic mass is 19.1. The monoisotopic (exact) mass is 366 g/mol. The quantitative estimate of drug-likeness (QED) is 0.817. The lowest BCUT2D eigenvalue weighted by Crippen LogP contribution is -2.36. The minimum absolute atomic E-state index is 0.0818. The van der Waals surface area contributed by atoms with Crippen LogP contribution in [0.4, 0.5) is 4.39 Å². The number of carbonyl (C=O) groups excluding carboxylic acids is 1. The number of aryl methyl sites for hydroxylation is 1. The van der Waals surface area contributed by atoms with E-state index in [0.29, 0.717) is 0 Å². The molecule has 142 valence electrons. The largest absolute Gasteiger partial charge is 0.341 e. The molecule has 0 bridgehead atoms. The van der Waals surface area contributed by atoms with Crippen LogP contribution in [0, 0.1) is 18.7 Å². The summed E-state index contributed by atoms with van der Waals surface area (Å²) in [7, 11) is 0. The predicted molar refractivity (Wildman–Crippen MR) is 105 cm³/mol. The zero-order valence-electron chi connectivity index (χ0n) is 15.9. The molecule has 0 N–H and O–H groups in total. The van der Waals surface area contributed by atoms with E-state index in [-0.39, 0.29) is 23.6 Å². The average molecular weight is 366 g/mol. The maximum absolute atomic E-state index is 13.1. The standard InChI is InChI=1S/C23H27FN2O/c1-17-5-2-3-6-19(17)16-25-11-4-12-26(14-13-25)23(27)22-15-21(22)18-7-9-20(24)10-8-18/h2-3,5-10,21-22H,4,11-16H2,1H3. The van der Waals surface area contributed by atoms with Crippen molar-refractivity contribution in [1.29, 1.82) is 0 Å². The van der Waals surface area contributed by atoms with Gasteiger partial charge in [-0.2, -0.15) is 0 Å². The normalized spacial score (nSPS) is 23.1. The summed E-state index contributed by atoms with van der Waals surface area (Å²) >= 11 is 0. The van der Waals surface area contributed by atoms with Crippen LogP contribution in [0.2, 0.25) is 0 Å². The molecule has 27 heavy (non-hydrogen) atoms. The summed E-state index contributed by atoms with van der Waals surface area (Å²) in [5.41, 5.74) is 3.79. The SMILES string of the molecule is Cc1ccccc1CN1CCCN(C(=O)C2CC2c2ccc(F)cc2)CC1. The highest BCUT2D eigenvalue weighted by Crippen LogP contribution is 2.48. The van der Waals surface area contributed by atoms with Crippen molar-refractivity contribution < 1.29 is 9.18 Å². The number of hydrogen-bond donors (Lipinski definition) is 0. The lowest BCUT2D eigenvalue weighted by molar-refractivity contribution is -0.132. The van der Waals surface area contributed by atoms with E-state index in [0.717, 1.165) is 51.1 Å². The van der Waals surface area contributed by atoms with E-state index in [2.05, 4.69) is 36.1 Å². The molecule has 1 aliphatic heterocycles. The Labute approximate surface area is 160 Å². The van der Waals surface area contributed by atoms with Crippen LogP contribution in [0.1, 0.15) is 35.4 Å². The second kappa shape index (κ2) is 7.81. The van der Waals surface area contributed by atoms with Crippen molar-refractivity contribution >= 4 is 5.91 Å². The third-order valence-electron chi connectivity index (χ3n) is 5.96. The van der Waals surface area contributed by atoms with Gasteiger partial charge < -0.3 is 4.90 Å². The molecule has 1 amide bonds. The maximum atomic E-state index is 13.1. The van der Waals surface area contributed by atoms with Crippen molar-refractivity contribution in [3.8, 4) is 0 Å². The number of carbonyl (C=O) groups is 1. The lowest BCUT2D eigenvalue weighted by atomic mass is 10.1. The van der Waals surface area contributed by atoms with Gasteiger partial charge in [0.05, 0.1) is 0 Å². The number of hydrogen-bond acceptors (Lipinski definition) is 2. The average Bonchev–Trinajstić information content (AvgIpc) is 3.48. The zero-order chi connectivity index (χ0) is 18.8. The molecule has 3 nitrogen and oxygen atoms in total. The van der Waals surface area contributed by atoms with Gasteiger partial charge in [0.15, 0.2) is 0 Å². The summed E-state index contributed by atoms with van der Waals surface area (Å²) < 4.78 is 13.1. The van der Waals surface area contributed by atoms with Crippen LogP contribution in [0.25, 0.3) is 0 Å². The number of amides is 1. The zero-order valence-corrected chi connectivity index (χ0v) is 15.9. The van der Waals surface area contributed by atoms with Crippen molar-refractivity contribution in [2.45, 2.75) is 32.2 Å². The first-order valence-corrected chi connectivity index (χ1v) is 9.93. The topological polar surface area (TPSA) is 23.6 Å². The molecule has 2 aromatic rings. The van der Waals surface area contributed by atoms with Crippen LogP contribution in [0.15, 0.2) is 48.5 Å². The molecule has 4 rings (SSSR count). The summed E-state index contributed by atoms with van der Waals surface area (Å²) in [6.45, 7) is 6.72. The van der Waals surface area contributed by atoms with Gasteiger partial charge in [0.1, 0.15) is 5.82 Å².